The predicted molar refractivity (Wildman–Crippen MR) is 66.9 cm³/mol. The molecule has 0 radical (unpaired) electrons. The number of carbonyl (C=O) groups excluding carboxylic acids is 3. The molecule has 106 valence electrons. The predicted octanol–water partition coefficient (Wildman–Crippen LogP) is 0.518. The quantitative estimate of drug-likeness (QED) is 0.592. The van der Waals surface area contributed by atoms with Crippen molar-refractivity contribution >= 4 is 17.8 Å². The van der Waals surface area contributed by atoms with Crippen LogP contribution in [0.5, 0.6) is 5.75 Å². The van der Waals surface area contributed by atoms with Gasteiger partial charge in [-0.1, -0.05) is 18.2 Å². The first-order chi connectivity index (χ1) is 9.49. The van der Waals surface area contributed by atoms with Crippen LogP contribution >= 0.6 is 0 Å². The smallest absolute Gasteiger partial charge is 0.329 e. The number of β-lactam (4-membered cyclic amide) rings is 1. The molecule has 1 aromatic rings. The fraction of sp³-hybridized carbons (Fsp3) is 0.308. The van der Waals surface area contributed by atoms with Gasteiger partial charge in [0.15, 0.2) is 11.8 Å². The monoisotopic (exact) mass is 278 g/mol. The number of benzene rings is 1. The zero-order valence-electron chi connectivity index (χ0n) is 11.1. The lowest BCUT2D eigenvalue weighted by Crippen LogP contribution is -2.65. The first-order valence-corrected chi connectivity index (χ1v) is 6.02. The first-order valence-electron chi connectivity index (χ1n) is 6.02. The van der Waals surface area contributed by atoms with Crippen molar-refractivity contribution in [2.75, 3.05) is 6.54 Å². The van der Waals surface area contributed by atoms with Crippen molar-refractivity contribution in [1.29, 1.82) is 0 Å². The number of amides is 2. The Balaban J connectivity index is 2.03. The van der Waals surface area contributed by atoms with Crippen molar-refractivity contribution in [2.24, 2.45) is 0 Å². The Labute approximate surface area is 115 Å². The topological polar surface area (TPSA) is 76.2 Å². The molecule has 1 aromatic carbocycles. The largest absolute Gasteiger partial charge is 0.376 e. The first kappa shape index (κ1) is 13.9. The van der Waals surface area contributed by atoms with Gasteiger partial charge in [-0.3, -0.25) is 14.4 Å². The van der Waals surface area contributed by atoms with Crippen LogP contribution in [0.1, 0.15) is 13.8 Å². The van der Waals surface area contributed by atoms with Crippen LogP contribution in [-0.2, 0) is 19.2 Å². The van der Waals surface area contributed by atoms with E-state index in [1.807, 2.05) is 6.07 Å². The summed E-state index contributed by atoms with van der Waals surface area (Å²) in [6, 6.07) is 7.86. The van der Waals surface area contributed by atoms with E-state index in [1.54, 1.807) is 24.3 Å². The number of hydrogen-bond acceptors (Lipinski definition) is 5. The van der Waals surface area contributed by atoms with E-state index in [4.69, 9.17) is 4.84 Å². The minimum atomic E-state index is -0.785. The molecular weight excluding hydrogens is 264 g/mol. The molecule has 7 nitrogen and oxygen atoms in total. The average Bonchev–Trinajstić information content (AvgIpc) is 2.41. The fourth-order valence-corrected chi connectivity index (χ4v) is 1.73. The summed E-state index contributed by atoms with van der Waals surface area (Å²) < 4.78 is 0. The summed E-state index contributed by atoms with van der Waals surface area (Å²) in [6.07, 6.45) is 0. The zero-order chi connectivity index (χ0) is 14.7. The van der Waals surface area contributed by atoms with Crippen LogP contribution in [0, 0.1) is 0 Å². The molecule has 1 aliphatic rings. The number of hydroxylamine groups is 4. The summed E-state index contributed by atoms with van der Waals surface area (Å²) in [5, 5.41) is 1.88. The van der Waals surface area contributed by atoms with Crippen LogP contribution in [0.4, 0.5) is 0 Å². The van der Waals surface area contributed by atoms with Gasteiger partial charge in [-0.2, -0.15) is 10.1 Å². The third-order valence-electron chi connectivity index (χ3n) is 2.65. The number of para-hydroxylation sites is 1. The van der Waals surface area contributed by atoms with E-state index in [1.165, 1.54) is 13.8 Å². The van der Waals surface area contributed by atoms with Crippen molar-refractivity contribution in [3.05, 3.63) is 30.3 Å². The van der Waals surface area contributed by atoms with Crippen LogP contribution in [0.3, 0.4) is 0 Å². The molecule has 1 aliphatic heterocycles. The molecule has 1 heterocycles. The fourth-order valence-electron chi connectivity index (χ4n) is 1.73. The lowest BCUT2D eigenvalue weighted by molar-refractivity contribution is -0.236. The van der Waals surface area contributed by atoms with E-state index in [-0.39, 0.29) is 6.54 Å². The Hall–Kier alpha value is -2.57. The minimum absolute atomic E-state index is 0.0881. The molecule has 20 heavy (non-hydrogen) atoms. The Morgan fingerprint density at radius 1 is 1.25 bits per heavy atom. The highest BCUT2D eigenvalue weighted by Crippen LogP contribution is 2.20. The Kier molecular flexibility index (Phi) is 3.88. The van der Waals surface area contributed by atoms with Crippen molar-refractivity contribution in [1.82, 2.24) is 10.1 Å². The van der Waals surface area contributed by atoms with E-state index in [9.17, 15) is 14.4 Å². The summed E-state index contributed by atoms with van der Waals surface area (Å²) in [5.74, 6) is -1.04. The van der Waals surface area contributed by atoms with Gasteiger partial charge in [0, 0.05) is 13.8 Å². The second-order valence-corrected chi connectivity index (χ2v) is 4.25. The van der Waals surface area contributed by atoms with E-state index >= 15 is 0 Å². The molecule has 1 unspecified atom stereocenters. The van der Waals surface area contributed by atoms with E-state index < -0.39 is 23.8 Å². The van der Waals surface area contributed by atoms with Gasteiger partial charge in [0.2, 0.25) is 0 Å². The van der Waals surface area contributed by atoms with Gasteiger partial charge >= 0.3 is 5.97 Å². The molecule has 2 rings (SSSR count). The molecule has 0 N–H and O–H groups in total. The van der Waals surface area contributed by atoms with Gasteiger partial charge in [0.25, 0.3) is 11.8 Å². The lowest BCUT2D eigenvalue weighted by Gasteiger charge is -2.40. The van der Waals surface area contributed by atoms with Crippen LogP contribution in [-0.4, -0.2) is 40.5 Å². The molecular formula is C13H14N2O5. The molecule has 0 aliphatic carbocycles. The minimum Gasteiger partial charge on any atom is -0.376 e. The molecule has 0 spiro atoms. The number of rotatable bonds is 4. The zero-order valence-corrected chi connectivity index (χ0v) is 11.1. The van der Waals surface area contributed by atoms with Gasteiger partial charge in [0.1, 0.15) is 0 Å². The van der Waals surface area contributed by atoms with Gasteiger partial charge < -0.3 is 9.68 Å². The van der Waals surface area contributed by atoms with Gasteiger partial charge in [0.05, 0.1) is 6.54 Å². The third kappa shape index (κ3) is 2.87. The Morgan fingerprint density at radius 3 is 2.40 bits per heavy atom. The second-order valence-electron chi connectivity index (χ2n) is 4.25. The van der Waals surface area contributed by atoms with Gasteiger partial charge in [-0.25, -0.2) is 0 Å². The van der Waals surface area contributed by atoms with Crippen molar-refractivity contribution in [3.63, 3.8) is 0 Å². The molecule has 1 fully saturated rings. The molecule has 1 atom stereocenters. The highest BCUT2D eigenvalue weighted by Gasteiger charge is 2.46. The molecule has 1 saturated heterocycles. The summed E-state index contributed by atoms with van der Waals surface area (Å²) >= 11 is 0. The van der Waals surface area contributed by atoms with Gasteiger partial charge in [-0.05, 0) is 12.1 Å². The maximum Gasteiger partial charge on any atom is 0.329 e. The standard InChI is InChI=1S/C13H14N2O5/c1-9(16)15(20-11-6-4-3-5-7-11)12-8-14(13(12)18)19-10(2)17/h3-7,12H,8H2,1-2H3. The van der Waals surface area contributed by atoms with Crippen LogP contribution in [0.15, 0.2) is 30.3 Å². The van der Waals surface area contributed by atoms with E-state index in [2.05, 4.69) is 4.84 Å². The summed E-state index contributed by atoms with van der Waals surface area (Å²) in [4.78, 5) is 44.2. The maximum atomic E-state index is 11.8. The lowest BCUT2D eigenvalue weighted by atomic mass is 10.1. The van der Waals surface area contributed by atoms with E-state index in [0.717, 1.165) is 10.1 Å². The Bertz CT molecular complexity index is 531. The summed E-state index contributed by atoms with van der Waals surface area (Å²) in [5.41, 5.74) is 0. The SMILES string of the molecule is CC(=O)ON1CC(N(Oc2ccccc2)C(C)=O)C1=O. The number of nitrogens with zero attached hydrogens (tertiary/aromatic N) is 2. The van der Waals surface area contributed by atoms with Gasteiger partial charge in [-0.15, -0.1) is 0 Å². The molecule has 0 saturated carbocycles. The molecule has 0 aromatic heterocycles. The van der Waals surface area contributed by atoms with Crippen molar-refractivity contribution < 1.29 is 24.1 Å². The van der Waals surface area contributed by atoms with Crippen molar-refractivity contribution in [3.8, 4) is 5.75 Å². The summed E-state index contributed by atoms with van der Waals surface area (Å²) in [6.45, 7) is 2.58. The van der Waals surface area contributed by atoms with Crippen molar-refractivity contribution in [2.45, 2.75) is 19.9 Å². The normalized spacial score (nSPS) is 17.2. The molecule has 0 bridgehead atoms. The highest BCUT2D eigenvalue weighted by atomic mass is 16.7. The number of hydrogen-bond donors (Lipinski definition) is 0. The molecule has 7 heteroatoms. The second kappa shape index (κ2) is 5.60. The van der Waals surface area contributed by atoms with E-state index in [0.29, 0.717) is 5.75 Å². The molecule has 2 amide bonds. The number of carbonyl (C=O) groups is 3. The van der Waals surface area contributed by atoms with Crippen LogP contribution in [0.2, 0.25) is 0 Å². The maximum absolute atomic E-state index is 11.8. The highest BCUT2D eigenvalue weighted by molar-refractivity contribution is 5.91. The van der Waals surface area contributed by atoms with Crippen LogP contribution < -0.4 is 4.84 Å². The Morgan fingerprint density at radius 2 is 1.90 bits per heavy atom. The average molecular weight is 278 g/mol. The summed E-state index contributed by atoms with van der Waals surface area (Å²) in [7, 11) is 0. The third-order valence-corrected chi connectivity index (χ3v) is 2.65. The van der Waals surface area contributed by atoms with Crippen LogP contribution in [0.25, 0.3) is 0 Å².